The molecule has 31 heavy (non-hydrogen) atoms. The summed E-state index contributed by atoms with van der Waals surface area (Å²) in [5.74, 6) is -0.0151. The summed E-state index contributed by atoms with van der Waals surface area (Å²) in [6.45, 7) is 5.09. The normalized spacial score (nSPS) is 15.2. The number of carbonyl (C=O) groups is 1. The fraction of sp³-hybridized carbons (Fsp3) is 0.333. The third kappa shape index (κ3) is 4.49. The molecule has 0 bridgehead atoms. The molecule has 0 aliphatic carbocycles. The van der Waals surface area contributed by atoms with Crippen molar-refractivity contribution in [1.82, 2.24) is 29.4 Å². The Labute approximate surface area is 181 Å². The summed E-state index contributed by atoms with van der Waals surface area (Å²) in [6.07, 6.45) is 1.77. The van der Waals surface area contributed by atoms with E-state index in [9.17, 15) is 13.2 Å². The molecule has 1 fully saturated rings. The fourth-order valence-corrected chi connectivity index (χ4v) is 5.37. The van der Waals surface area contributed by atoms with Gasteiger partial charge in [0, 0.05) is 26.2 Å². The highest BCUT2D eigenvalue weighted by molar-refractivity contribution is 7.89. The molecule has 1 aliphatic heterocycles. The summed E-state index contributed by atoms with van der Waals surface area (Å²) >= 11 is 0. The molecule has 1 amide bonds. The van der Waals surface area contributed by atoms with Crippen LogP contribution in [0.25, 0.3) is 5.69 Å². The smallest absolute Gasteiger partial charge is 0.243 e. The van der Waals surface area contributed by atoms with E-state index in [-0.39, 0.29) is 12.3 Å². The van der Waals surface area contributed by atoms with E-state index < -0.39 is 10.0 Å². The summed E-state index contributed by atoms with van der Waals surface area (Å²) in [4.78, 5) is 14.8. The molecule has 4 rings (SSSR count). The highest BCUT2D eigenvalue weighted by Gasteiger charge is 2.31. The zero-order chi connectivity index (χ0) is 22.0. The van der Waals surface area contributed by atoms with Crippen molar-refractivity contribution in [3.8, 4) is 5.69 Å². The molecule has 0 N–H and O–H groups in total. The second-order valence-electron chi connectivity index (χ2n) is 7.65. The molecule has 162 valence electrons. The standard InChI is InChI=1S/C21H24N6O3S/c1-16-3-8-20(17(2)13-16)31(29,30)26-11-9-25(10-12-26)21(28)14-18-4-6-19(7-5-18)27-15-22-23-24-27/h3-8,13,15H,9-12,14H2,1-2H3. The molecule has 3 aromatic rings. The van der Waals surface area contributed by atoms with Crippen LogP contribution in [0.15, 0.2) is 53.7 Å². The number of piperazine rings is 1. The van der Waals surface area contributed by atoms with Crippen molar-refractivity contribution in [1.29, 1.82) is 0 Å². The Morgan fingerprint density at radius 3 is 2.32 bits per heavy atom. The molecular formula is C21H24N6O3S. The highest BCUT2D eigenvalue weighted by Crippen LogP contribution is 2.22. The fourth-order valence-electron chi connectivity index (χ4n) is 3.74. The van der Waals surface area contributed by atoms with Gasteiger partial charge in [0.05, 0.1) is 17.0 Å². The number of rotatable bonds is 5. The van der Waals surface area contributed by atoms with E-state index in [0.29, 0.717) is 31.1 Å². The minimum atomic E-state index is -3.57. The number of carbonyl (C=O) groups excluding carboxylic acids is 1. The van der Waals surface area contributed by atoms with E-state index in [0.717, 1.165) is 22.4 Å². The van der Waals surface area contributed by atoms with Crippen LogP contribution in [0.5, 0.6) is 0 Å². The van der Waals surface area contributed by atoms with Crippen molar-refractivity contribution in [3.63, 3.8) is 0 Å². The molecule has 0 unspecified atom stereocenters. The van der Waals surface area contributed by atoms with Gasteiger partial charge in [-0.2, -0.15) is 4.31 Å². The van der Waals surface area contributed by atoms with Crippen LogP contribution in [0, 0.1) is 13.8 Å². The summed E-state index contributed by atoms with van der Waals surface area (Å²) < 4.78 is 29.1. The Hall–Kier alpha value is -3.11. The first-order valence-corrected chi connectivity index (χ1v) is 11.5. The van der Waals surface area contributed by atoms with Crippen molar-refractivity contribution < 1.29 is 13.2 Å². The SMILES string of the molecule is Cc1ccc(S(=O)(=O)N2CCN(C(=O)Cc3ccc(-n4cnnn4)cc3)CC2)c(C)c1. The van der Waals surface area contributed by atoms with E-state index in [2.05, 4.69) is 15.5 Å². The van der Waals surface area contributed by atoms with Gasteiger partial charge in [-0.3, -0.25) is 4.79 Å². The molecule has 0 spiro atoms. The maximum atomic E-state index is 13.0. The molecule has 1 aromatic heterocycles. The van der Waals surface area contributed by atoms with Gasteiger partial charge in [0.2, 0.25) is 15.9 Å². The van der Waals surface area contributed by atoms with Crippen molar-refractivity contribution in [2.75, 3.05) is 26.2 Å². The molecule has 1 saturated heterocycles. The molecule has 2 heterocycles. The third-order valence-electron chi connectivity index (χ3n) is 5.44. The van der Waals surface area contributed by atoms with Gasteiger partial charge in [0.1, 0.15) is 6.33 Å². The summed E-state index contributed by atoms with van der Waals surface area (Å²) in [5, 5.41) is 11.0. The van der Waals surface area contributed by atoms with E-state index >= 15 is 0 Å². The van der Waals surface area contributed by atoms with E-state index in [4.69, 9.17) is 0 Å². The van der Waals surface area contributed by atoms with Crippen LogP contribution >= 0.6 is 0 Å². The maximum Gasteiger partial charge on any atom is 0.243 e. The Kier molecular flexibility index (Phi) is 5.84. The zero-order valence-corrected chi connectivity index (χ0v) is 18.3. The lowest BCUT2D eigenvalue weighted by atomic mass is 10.1. The average Bonchev–Trinajstić information content (AvgIpc) is 3.29. The minimum absolute atomic E-state index is 0.0151. The van der Waals surface area contributed by atoms with Gasteiger partial charge in [-0.05, 0) is 53.6 Å². The maximum absolute atomic E-state index is 13.0. The van der Waals surface area contributed by atoms with Crippen molar-refractivity contribution >= 4 is 15.9 Å². The lowest BCUT2D eigenvalue weighted by molar-refractivity contribution is -0.131. The first kappa shape index (κ1) is 21.1. The van der Waals surface area contributed by atoms with Gasteiger partial charge in [0.15, 0.2) is 0 Å². The van der Waals surface area contributed by atoms with Crippen LogP contribution in [0.4, 0.5) is 0 Å². The number of hydrogen-bond acceptors (Lipinski definition) is 6. The van der Waals surface area contributed by atoms with Gasteiger partial charge >= 0.3 is 0 Å². The second kappa shape index (κ2) is 8.56. The summed E-state index contributed by atoms with van der Waals surface area (Å²) in [6, 6.07) is 12.8. The van der Waals surface area contributed by atoms with Crippen LogP contribution in [0.2, 0.25) is 0 Å². The predicted octanol–water partition coefficient (Wildman–Crippen LogP) is 1.35. The summed E-state index contributed by atoms with van der Waals surface area (Å²) in [7, 11) is -3.57. The van der Waals surface area contributed by atoms with Crippen molar-refractivity contribution in [2.45, 2.75) is 25.2 Å². The van der Waals surface area contributed by atoms with Gasteiger partial charge in [-0.25, -0.2) is 13.1 Å². The van der Waals surface area contributed by atoms with E-state index in [1.165, 1.54) is 10.6 Å². The number of amides is 1. The Morgan fingerprint density at radius 1 is 1.00 bits per heavy atom. The number of sulfonamides is 1. The van der Waals surface area contributed by atoms with Gasteiger partial charge in [-0.15, -0.1) is 5.10 Å². The van der Waals surface area contributed by atoms with Gasteiger partial charge in [-0.1, -0.05) is 29.8 Å². The largest absolute Gasteiger partial charge is 0.340 e. The van der Waals surface area contributed by atoms with Gasteiger partial charge < -0.3 is 4.90 Å². The van der Waals surface area contributed by atoms with E-state index in [1.807, 2.05) is 50.2 Å². The predicted molar refractivity (Wildman–Crippen MR) is 114 cm³/mol. The number of aryl methyl sites for hydroxylation is 2. The molecule has 0 radical (unpaired) electrons. The average molecular weight is 441 g/mol. The zero-order valence-electron chi connectivity index (χ0n) is 17.5. The summed E-state index contributed by atoms with van der Waals surface area (Å²) in [5.41, 5.74) is 3.46. The minimum Gasteiger partial charge on any atom is -0.340 e. The molecular weight excluding hydrogens is 416 g/mol. The lowest BCUT2D eigenvalue weighted by Gasteiger charge is -2.34. The Bertz CT molecular complexity index is 1170. The monoisotopic (exact) mass is 440 g/mol. The first-order valence-electron chi connectivity index (χ1n) is 10.0. The quantitative estimate of drug-likeness (QED) is 0.594. The third-order valence-corrected chi connectivity index (χ3v) is 7.50. The second-order valence-corrected chi connectivity index (χ2v) is 9.56. The highest BCUT2D eigenvalue weighted by atomic mass is 32.2. The Morgan fingerprint density at radius 2 is 1.71 bits per heavy atom. The first-order chi connectivity index (χ1) is 14.8. The molecule has 2 aromatic carbocycles. The van der Waals surface area contributed by atoms with Crippen LogP contribution in [-0.2, 0) is 21.2 Å². The molecule has 0 atom stereocenters. The molecule has 9 nitrogen and oxygen atoms in total. The molecule has 1 aliphatic rings. The van der Waals surface area contributed by atoms with Crippen LogP contribution < -0.4 is 0 Å². The van der Waals surface area contributed by atoms with Gasteiger partial charge in [0.25, 0.3) is 0 Å². The topological polar surface area (TPSA) is 101 Å². The number of hydrogen-bond donors (Lipinski definition) is 0. The van der Waals surface area contributed by atoms with Crippen LogP contribution in [-0.4, -0.2) is 69.9 Å². The van der Waals surface area contributed by atoms with Crippen molar-refractivity contribution in [2.24, 2.45) is 0 Å². The van der Waals surface area contributed by atoms with Crippen molar-refractivity contribution in [3.05, 3.63) is 65.5 Å². The van der Waals surface area contributed by atoms with Crippen LogP contribution in [0.1, 0.15) is 16.7 Å². The number of nitrogens with zero attached hydrogens (tertiary/aromatic N) is 6. The number of aromatic nitrogens is 4. The van der Waals surface area contributed by atoms with E-state index in [1.54, 1.807) is 15.6 Å². The molecule has 0 saturated carbocycles. The Balaban J connectivity index is 1.36. The number of benzene rings is 2. The molecule has 10 heteroatoms. The lowest BCUT2D eigenvalue weighted by Crippen LogP contribution is -2.50. The van der Waals surface area contributed by atoms with Crippen LogP contribution in [0.3, 0.4) is 0 Å². The number of tetrazole rings is 1.